The first-order valence-corrected chi connectivity index (χ1v) is 15.5. The standard InChI is InChI=1S/C32H50O9/c1-32-10-9-27-26-6-5-25(33)21-24(26)20-23(31(27)28(32)7-8-29(32)34)4-2-3-11-37-12-13-38-14-15-39-16-17-40-18-19-41-22-30(35)36/h5-6,21,23,27-29,31,33-34H,2-4,7-20,22H2,1H3,(H,35,36)/t23-,27-,28+,29+,31?,32+/m1/s1. The van der Waals surface area contributed by atoms with Crippen molar-refractivity contribution in [3.05, 3.63) is 29.3 Å². The number of rotatable bonds is 19. The molecule has 3 N–H and O–H groups in total. The van der Waals surface area contributed by atoms with Crippen molar-refractivity contribution in [1.29, 1.82) is 0 Å². The number of phenolic OH excluding ortho intramolecular Hbond substituents is 1. The Bertz CT molecular complexity index is 940. The third kappa shape index (κ3) is 8.88. The lowest BCUT2D eigenvalue weighted by atomic mass is 9.52. The fourth-order valence-electron chi connectivity index (χ4n) is 7.68. The van der Waals surface area contributed by atoms with Gasteiger partial charge in [0.25, 0.3) is 0 Å². The molecule has 3 aliphatic carbocycles. The van der Waals surface area contributed by atoms with Crippen LogP contribution in [0, 0.1) is 23.2 Å². The van der Waals surface area contributed by atoms with Crippen molar-refractivity contribution in [3.8, 4) is 5.75 Å². The number of unbranched alkanes of at least 4 members (excludes halogenated alkanes) is 1. The number of aromatic hydroxyl groups is 1. The lowest BCUT2D eigenvalue weighted by Crippen LogP contribution is -2.47. The van der Waals surface area contributed by atoms with Gasteiger partial charge in [0, 0.05) is 6.61 Å². The highest BCUT2D eigenvalue weighted by molar-refractivity contribution is 5.67. The van der Waals surface area contributed by atoms with Crippen molar-refractivity contribution in [2.45, 2.75) is 70.3 Å². The maximum atomic E-state index is 10.8. The highest BCUT2D eigenvalue weighted by Crippen LogP contribution is 2.62. The Morgan fingerprint density at radius 2 is 1.51 bits per heavy atom. The Balaban J connectivity index is 1.06. The summed E-state index contributed by atoms with van der Waals surface area (Å²) in [6, 6.07) is 6.00. The van der Waals surface area contributed by atoms with E-state index >= 15 is 0 Å². The van der Waals surface area contributed by atoms with Crippen LogP contribution in [-0.4, -0.2) is 93.5 Å². The molecule has 0 saturated heterocycles. The van der Waals surface area contributed by atoms with Crippen LogP contribution in [0.1, 0.15) is 68.9 Å². The Labute approximate surface area is 244 Å². The number of ether oxygens (including phenoxy) is 5. The van der Waals surface area contributed by atoms with Crippen molar-refractivity contribution < 1.29 is 43.8 Å². The van der Waals surface area contributed by atoms with Crippen LogP contribution in [0.4, 0.5) is 0 Å². The molecule has 0 spiro atoms. The second-order valence-corrected chi connectivity index (χ2v) is 12.2. The van der Waals surface area contributed by atoms with Crippen molar-refractivity contribution in [2.24, 2.45) is 23.2 Å². The van der Waals surface area contributed by atoms with Crippen LogP contribution in [0.15, 0.2) is 18.2 Å². The first-order valence-electron chi connectivity index (χ1n) is 15.5. The number of aliphatic hydroxyl groups is 1. The minimum atomic E-state index is -0.987. The molecule has 1 unspecified atom stereocenters. The van der Waals surface area contributed by atoms with Gasteiger partial charge in [-0.2, -0.15) is 0 Å². The Hall–Kier alpha value is -1.75. The third-order valence-electron chi connectivity index (χ3n) is 9.66. The second kappa shape index (κ2) is 16.2. The van der Waals surface area contributed by atoms with Crippen LogP contribution in [-0.2, 0) is 34.9 Å². The molecule has 0 heterocycles. The molecule has 232 valence electrons. The number of carboxylic acids is 1. The molecule has 3 aliphatic rings. The smallest absolute Gasteiger partial charge is 0.329 e. The molecule has 0 bridgehead atoms. The molecule has 41 heavy (non-hydrogen) atoms. The lowest BCUT2D eigenvalue weighted by molar-refractivity contribution is -0.142. The highest BCUT2D eigenvalue weighted by atomic mass is 16.6. The minimum absolute atomic E-state index is 0.0513. The van der Waals surface area contributed by atoms with E-state index < -0.39 is 5.97 Å². The van der Waals surface area contributed by atoms with Crippen molar-refractivity contribution >= 4 is 5.97 Å². The summed E-state index contributed by atoms with van der Waals surface area (Å²) in [5, 5.41) is 29.5. The monoisotopic (exact) mass is 578 g/mol. The molecule has 0 amide bonds. The second-order valence-electron chi connectivity index (χ2n) is 12.2. The zero-order valence-corrected chi connectivity index (χ0v) is 24.6. The van der Waals surface area contributed by atoms with Gasteiger partial charge in [-0.05, 0) is 97.3 Å². The van der Waals surface area contributed by atoms with Gasteiger partial charge in [-0.1, -0.05) is 19.4 Å². The van der Waals surface area contributed by atoms with Gasteiger partial charge >= 0.3 is 5.97 Å². The van der Waals surface area contributed by atoms with Crippen LogP contribution < -0.4 is 0 Å². The van der Waals surface area contributed by atoms with E-state index in [2.05, 4.69) is 13.0 Å². The minimum Gasteiger partial charge on any atom is -0.508 e. The average molecular weight is 579 g/mol. The number of carbonyl (C=O) groups is 1. The summed E-state index contributed by atoms with van der Waals surface area (Å²) in [5.74, 6) is 1.71. The van der Waals surface area contributed by atoms with Gasteiger partial charge in [-0.15, -0.1) is 0 Å². The number of phenols is 1. The van der Waals surface area contributed by atoms with Crippen LogP contribution in [0.3, 0.4) is 0 Å². The number of hydrogen-bond donors (Lipinski definition) is 3. The van der Waals surface area contributed by atoms with Gasteiger partial charge in [0.1, 0.15) is 12.4 Å². The molecule has 6 atom stereocenters. The van der Waals surface area contributed by atoms with E-state index in [-0.39, 0.29) is 24.7 Å². The fourth-order valence-corrected chi connectivity index (χ4v) is 7.68. The van der Waals surface area contributed by atoms with Gasteiger partial charge in [0.2, 0.25) is 0 Å². The largest absolute Gasteiger partial charge is 0.508 e. The number of fused-ring (bicyclic) bond motifs is 5. The van der Waals surface area contributed by atoms with Crippen LogP contribution in [0.2, 0.25) is 0 Å². The van der Waals surface area contributed by atoms with Crippen molar-refractivity contribution in [3.63, 3.8) is 0 Å². The topological polar surface area (TPSA) is 124 Å². The molecule has 0 aromatic heterocycles. The first kappa shape index (κ1) is 32.2. The number of benzene rings is 1. The van der Waals surface area contributed by atoms with Crippen LogP contribution >= 0.6 is 0 Å². The fraction of sp³-hybridized carbons (Fsp3) is 0.781. The Morgan fingerprint density at radius 1 is 0.878 bits per heavy atom. The Kier molecular flexibility index (Phi) is 12.7. The summed E-state index contributed by atoms with van der Waals surface area (Å²) < 4.78 is 27.0. The normalized spacial score (nSPS) is 28.7. The number of carboxylic acid groups (broad SMARTS) is 1. The van der Waals surface area contributed by atoms with Crippen molar-refractivity contribution in [2.75, 3.05) is 66.1 Å². The van der Waals surface area contributed by atoms with E-state index in [0.717, 1.165) is 58.0 Å². The molecule has 4 rings (SSSR count). The lowest BCUT2D eigenvalue weighted by Gasteiger charge is -2.53. The van der Waals surface area contributed by atoms with Gasteiger partial charge in [0.15, 0.2) is 0 Å². The summed E-state index contributed by atoms with van der Waals surface area (Å²) in [6.07, 6.45) is 8.46. The number of hydrogen-bond acceptors (Lipinski definition) is 8. The predicted molar refractivity (Wildman–Crippen MR) is 153 cm³/mol. The molecule has 1 aromatic carbocycles. The van der Waals surface area contributed by atoms with E-state index in [1.165, 1.54) is 11.1 Å². The molecular formula is C32H50O9. The van der Waals surface area contributed by atoms with E-state index in [1.54, 1.807) is 0 Å². The Morgan fingerprint density at radius 3 is 2.17 bits per heavy atom. The van der Waals surface area contributed by atoms with E-state index in [1.807, 2.05) is 12.1 Å². The van der Waals surface area contributed by atoms with Crippen molar-refractivity contribution in [1.82, 2.24) is 0 Å². The molecule has 0 radical (unpaired) electrons. The van der Waals surface area contributed by atoms with Gasteiger partial charge in [-0.3, -0.25) is 0 Å². The van der Waals surface area contributed by atoms with Gasteiger partial charge in [0.05, 0.1) is 59.0 Å². The highest BCUT2D eigenvalue weighted by Gasteiger charge is 2.56. The summed E-state index contributed by atoms with van der Waals surface area (Å²) in [5.41, 5.74) is 2.82. The van der Waals surface area contributed by atoms with Gasteiger partial charge in [-0.25, -0.2) is 4.79 Å². The van der Waals surface area contributed by atoms with Crippen LogP contribution in [0.5, 0.6) is 5.75 Å². The SMILES string of the molecule is C[C@]12CC[C@@H]3c4ccc(O)cc4C[C@@H](CCCCOCCOCCOCCOCCOCC(=O)O)C3[C@@H]1CC[C@@H]2O. The molecule has 2 fully saturated rings. The third-order valence-corrected chi connectivity index (χ3v) is 9.66. The summed E-state index contributed by atoms with van der Waals surface area (Å²) >= 11 is 0. The quantitative estimate of drug-likeness (QED) is 0.208. The summed E-state index contributed by atoms with van der Waals surface area (Å²) in [4.78, 5) is 10.3. The van der Waals surface area contributed by atoms with Crippen LogP contribution in [0.25, 0.3) is 0 Å². The van der Waals surface area contributed by atoms with Gasteiger partial charge < -0.3 is 39.0 Å². The van der Waals surface area contributed by atoms with E-state index in [4.69, 9.17) is 28.8 Å². The molecule has 0 aliphatic heterocycles. The maximum absolute atomic E-state index is 10.8. The zero-order chi connectivity index (χ0) is 29.1. The van der Waals surface area contributed by atoms with E-state index in [9.17, 15) is 15.0 Å². The average Bonchev–Trinajstić information content (AvgIpc) is 3.25. The number of aliphatic hydroxyl groups excluding tert-OH is 1. The summed E-state index contributed by atoms with van der Waals surface area (Å²) in [7, 11) is 0. The molecule has 2 saturated carbocycles. The maximum Gasteiger partial charge on any atom is 0.329 e. The number of aliphatic carboxylic acids is 1. The first-order chi connectivity index (χ1) is 19.9. The molecule has 1 aromatic rings. The zero-order valence-electron chi connectivity index (χ0n) is 24.6. The molecular weight excluding hydrogens is 528 g/mol. The molecule has 9 heteroatoms. The van der Waals surface area contributed by atoms with E-state index in [0.29, 0.717) is 75.7 Å². The molecule has 9 nitrogen and oxygen atoms in total. The predicted octanol–water partition coefficient (Wildman–Crippen LogP) is 4.17. The summed E-state index contributed by atoms with van der Waals surface area (Å²) in [6.45, 7) is 6.32.